The summed E-state index contributed by atoms with van der Waals surface area (Å²) >= 11 is 0. The lowest BCUT2D eigenvalue weighted by Crippen LogP contribution is -2.52. The number of amides is 1. The second-order valence-electron chi connectivity index (χ2n) is 6.12. The zero-order chi connectivity index (χ0) is 14.7. The van der Waals surface area contributed by atoms with Crippen LogP contribution in [0.3, 0.4) is 0 Å². The molecule has 0 aromatic carbocycles. The Hall–Kier alpha value is -1.40. The van der Waals surface area contributed by atoms with Crippen LogP contribution < -0.4 is 10.6 Å². The highest BCUT2D eigenvalue weighted by Gasteiger charge is 2.32. The van der Waals surface area contributed by atoms with Gasteiger partial charge in [0.2, 0.25) is 11.8 Å². The molecule has 0 bridgehead atoms. The minimum absolute atomic E-state index is 0.0175. The summed E-state index contributed by atoms with van der Waals surface area (Å²) in [5.41, 5.74) is 0.774. The van der Waals surface area contributed by atoms with Gasteiger partial charge in [0.1, 0.15) is 0 Å². The topological polar surface area (TPSA) is 70.4 Å². The van der Waals surface area contributed by atoms with Crippen molar-refractivity contribution < 1.29 is 9.32 Å². The van der Waals surface area contributed by atoms with E-state index < -0.39 is 0 Å². The molecule has 0 saturated carbocycles. The molecule has 6 heteroatoms. The Morgan fingerprint density at radius 3 is 3.10 bits per heavy atom. The second-order valence-corrected chi connectivity index (χ2v) is 6.12. The fraction of sp³-hybridized carbons (Fsp3) is 0.733. The number of likely N-dealkylation sites (tertiary alicyclic amines) is 1. The van der Waals surface area contributed by atoms with E-state index in [1.807, 2.05) is 6.92 Å². The number of aryl methyl sites for hydroxylation is 1. The minimum Gasteiger partial charge on any atom is -0.338 e. The average molecular weight is 292 g/mol. The van der Waals surface area contributed by atoms with E-state index in [2.05, 4.69) is 20.7 Å². The molecule has 3 rings (SSSR count). The third-order valence-electron chi connectivity index (χ3n) is 4.46. The van der Waals surface area contributed by atoms with Gasteiger partial charge in [0.05, 0.1) is 12.2 Å². The summed E-state index contributed by atoms with van der Waals surface area (Å²) in [5.74, 6) is 0.418. The van der Waals surface area contributed by atoms with Gasteiger partial charge in [0.25, 0.3) is 0 Å². The summed E-state index contributed by atoms with van der Waals surface area (Å²) in [6, 6.07) is 2.78. The molecule has 2 saturated heterocycles. The number of rotatable bonds is 4. The third kappa shape index (κ3) is 3.63. The van der Waals surface area contributed by atoms with Crippen LogP contribution >= 0.6 is 0 Å². The Kier molecular flexibility index (Phi) is 4.55. The van der Waals surface area contributed by atoms with Gasteiger partial charge in [0, 0.05) is 18.2 Å². The van der Waals surface area contributed by atoms with E-state index in [0.29, 0.717) is 24.5 Å². The van der Waals surface area contributed by atoms with Crippen LogP contribution in [0.5, 0.6) is 0 Å². The molecule has 2 unspecified atom stereocenters. The molecular formula is C15H24N4O2. The molecule has 2 fully saturated rings. The zero-order valence-corrected chi connectivity index (χ0v) is 12.6. The molecule has 0 aliphatic carbocycles. The van der Waals surface area contributed by atoms with Crippen molar-refractivity contribution in [1.82, 2.24) is 15.4 Å². The predicted molar refractivity (Wildman–Crippen MR) is 80.1 cm³/mol. The fourth-order valence-electron chi connectivity index (χ4n) is 3.49. The molecule has 0 radical (unpaired) electrons. The molecule has 1 aromatic rings. The maximum atomic E-state index is 12.2. The molecule has 2 aliphatic heterocycles. The third-order valence-corrected chi connectivity index (χ3v) is 4.46. The molecule has 2 aliphatic rings. The Labute approximate surface area is 125 Å². The molecule has 6 nitrogen and oxygen atoms in total. The van der Waals surface area contributed by atoms with Crippen molar-refractivity contribution in [2.45, 2.75) is 51.1 Å². The summed E-state index contributed by atoms with van der Waals surface area (Å²) in [6.45, 7) is 4.39. The van der Waals surface area contributed by atoms with Gasteiger partial charge in [-0.3, -0.25) is 15.0 Å². The van der Waals surface area contributed by atoms with Crippen LogP contribution in [0.1, 0.15) is 37.8 Å². The molecule has 2 N–H and O–H groups in total. The average Bonchev–Trinajstić information content (AvgIpc) is 3.11. The van der Waals surface area contributed by atoms with E-state index in [4.69, 9.17) is 4.52 Å². The van der Waals surface area contributed by atoms with Crippen LogP contribution in [-0.4, -0.2) is 47.7 Å². The van der Waals surface area contributed by atoms with E-state index >= 15 is 0 Å². The van der Waals surface area contributed by atoms with E-state index in [-0.39, 0.29) is 5.91 Å². The fourth-order valence-corrected chi connectivity index (χ4v) is 3.49. The van der Waals surface area contributed by atoms with Crippen molar-refractivity contribution in [2.75, 3.05) is 25.0 Å². The van der Waals surface area contributed by atoms with E-state index in [1.165, 1.54) is 32.1 Å². The SMILES string of the molecule is Cc1cc(NC(=O)CN2CCCCC2C2CCCN2)on1. The van der Waals surface area contributed by atoms with Gasteiger partial charge in [-0.1, -0.05) is 11.6 Å². The number of aromatic nitrogens is 1. The van der Waals surface area contributed by atoms with Crippen LogP contribution in [0.15, 0.2) is 10.6 Å². The van der Waals surface area contributed by atoms with E-state index in [1.54, 1.807) is 6.07 Å². The molecule has 0 spiro atoms. The van der Waals surface area contributed by atoms with Gasteiger partial charge < -0.3 is 9.84 Å². The number of nitrogens with one attached hydrogen (secondary N) is 2. The summed E-state index contributed by atoms with van der Waals surface area (Å²) < 4.78 is 5.04. The Bertz CT molecular complexity index is 482. The van der Waals surface area contributed by atoms with Gasteiger partial charge in [-0.25, -0.2) is 0 Å². The maximum absolute atomic E-state index is 12.2. The van der Waals surface area contributed by atoms with Crippen LogP contribution in [0.2, 0.25) is 0 Å². The van der Waals surface area contributed by atoms with Gasteiger partial charge in [0.15, 0.2) is 0 Å². The van der Waals surface area contributed by atoms with Crippen LogP contribution in [0, 0.1) is 6.92 Å². The summed E-state index contributed by atoms with van der Waals surface area (Å²) in [6.07, 6.45) is 6.11. The van der Waals surface area contributed by atoms with Gasteiger partial charge >= 0.3 is 0 Å². The molecule has 3 heterocycles. The summed E-state index contributed by atoms with van der Waals surface area (Å²) in [4.78, 5) is 14.5. The monoisotopic (exact) mass is 292 g/mol. The first-order chi connectivity index (χ1) is 10.2. The molecule has 21 heavy (non-hydrogen) atoms. The van der Waals surface area contributed by atoms with Crippen molar-refractivity contribution >= 4 is 11.8 Å². The molecule has 2 atom stereocenters. The van der Waals surface area contributed by atoms with Gasteiger partial charge in [-0.05, 0) is 45.7 Å². The van der Waals surface area contributed by atoms with Crippen molar-refractivity contribution in [3.63, 3.8) is 0 Å². The maximum Gasteiger partial charge on any atom is 0.240 e. The Morgan fingerprint density at radius 1 is 1.48 bits per heavy atom. The lowest BCUT2D eigenvalue weighted by atomic mass is 9.94. The highest BCUT2D eigenvalue weighted by molar-refractivity contribution is 5.91. The number of nitrogens with zero attached hydrogens (tertiary/aromatic N) is 2. The van der Waals surface area contributed by atoms with Crippen molar-refractivity contribution in [3.8, 4) is 0 Å². The van der Waals surface area contributed by atoms with Crippen molar-refractivity contribution in [1.29, 1.82) is 0 Å². The van der Waals surface area contributed by atoms with Gasteiger partial charge in [-0.2, -0.15) is 0 Å². The first-order valence-corrected chi connectivity index (χ1v) is 7.93. The first kappa shape index (κ1) is 14.5. The number of hydrogen-bond acceptors (Lipinski definition) is 5. The zero-order valence-electron chi connectivity index (χ0n) is 12.6. The van der Waals surface area contributed by atoms with Crippen LogP contribution in [0.25, 0.3) is 0 Å². The van der Waals surface area contributed by atoms with Gasteiger partial charge in [-0.15, -0.1) is 0 Å². The first-order valence-electron chi connectivity index (χ1n) is 7.93. The predicted octanol–water partition coefficient (Wildman–Crippen LogP) is 1.53. The molecule has 1 amide bonds. The van der Waals surface area contributed by atoms with E-state index in [0.717, 1.165) is 18.8 Å². The minimum atomic E-state index is -0.0175. The second kappa shape index (κ2) is 6.58. The molecular weight excluding hydrogens is 268 g/mol. The standard InChI is InChI=1S/C15H24N4O2/c1-11-9-15(21-18-11)17-14(20)10-19-8-3-2-6-13(19)12-5-4-7-16-12/h9,12-13,16H,2-8,10H2,1H3,(H,17,20). The lowest BCUT2D eigenvalue weighted by molar-refractivity contribution is -0.118. The molecule has 116 valence electrons. The number of piperidine rings is 1. The normalized spacial score (nSPS) is 26.9. The number of hydrogen-bond donors (Lipinski definition) is 2. The quantitative estimate of drug-likeness (QED) is 0.880. The lowest BCUT2D eigenvalue weighted by Gasteiger charge is -2.38. The Morgan fingerprint density at radius 2 is 2.38 bits per heavy atom. The van der Waals surface area contributed by atoms with Crippen molar-refractivity contribution in [2.24, 2.45) is 0 Å². The summed E-state index contributed by atoms with van der Waals surface area (Å²) in [5, 5.41) is 10.2. The highest BCUT2D eigenvalue weighted by atomic mass is 16.5. The van der Waals surface area contributed by atoms with Crippen LogP contribution in [0.4, 0.5) is 5.88 Å². The van der Waals surface area contributed by atoms with E-state index in [9.17, 15) is 4.79 Å². The Balaban J connectivity index is 1.57. The molecule has 1 aromatic heterocycles. The smallest absolute Gasteiger partial charge is 0.240 e. The number of carbonyl (C=O) groups excluding carboxylic acids is 1. The number of anilines is 1. The highest BCUT2D eigenvalue weighted by Crippen LogP contribution is 2.24. The largest absolute Gasteiger partial charge is 0.338 e. The number of carbonyl (C=O) groups is 1. The summed E-state index contributed by atoms with van der Waals surface area (Å²) in [7, 11) is 0. The van der Waals surface area contributed by atoms with Crippen molar-refractivity contribution in [3.05, 3.63) is 11.8 Å². The van der Waals surface area contributed by atoms with Crippen LogP contribution in [-0.2, 0) is 4.79 Å².